The molecule has 6 nitrogen and oxygen atoms in total. The van der Waals surface area contributed by atoms with E-state index in [1.165, 1.54) is 22.3 Å². The number of amides is 2. The molecule has 2 amide bonds. The summed E-state index contributed by atoms with van der Waals surface area (Å²) in [6.07, 6.45) is -0.296. The number of fused-ring (bicyclic) bond motifs is 3. The minimum Gasteiger partial charge on any atom is -0.450 e. The molecule has 2 N–H and O–H groups in total. The number of nitrogens with one attached hydrogen (secondary N) is 2. The lowest BCUT2D eigenvalue weighted by Crippen LogP contribution is -2.31. The smallest absolute Gasteiger partial charge is 0.407 e. The van der Waals surface area contributed by atoms with Crippen molar-refractivity contribution in [2.45, 2.75) is 19.3 Å². The zero-order chi connectivity index (χ0) is 19.1. The fourth-order valence-electron chi connectivity index (χ4n) is 3.30. The van der Waals surface area contributed by atoms with Gasteiger partial charge in [-0.1, -0.05) is 48.5 Å². The van der Waals surface area contributed by atoms with Crippen molar-refractivity contribution >= 4 is 12.2 Å². The van der Waals surface area contributed by atoms with E-state index in [2.05, 4.69) is 34.9 Å². The van der Waals surface area contributed by atoms with Crippen LogP contribution in [-0.4, -0.2) is 38.5 Å². The molecule has 0 radical (unpaired) electrons. The highest BCUT2D eigenvalue weighted by Crippen LogP contribution is 2.44. The van der Waals surface area contributed by atoms with Crippen LogP contribution in [0.1, 0.15) is 30.4 Å². The van der Waals surface area contributed by atoms with E-state index < -0.39 is 12.2 Å². The third-order valence-electron chi connectivity index (χ3n) is 4.51. The number of rotatable bonds is 7. The van der Waals surface area contributed by atoms with Crippen LogP contribution < -0.4 is 10.6 Å². The quantitative estimate of drug-likeness (QED) is 0.731. The van der Waals surface area contributed by atoms with Crippen molar-refractivity contribution in [1.29, 1.82) is 0 Å². The Morgan fingerprint density at radius 2 is 1.37 bits per heavy atom. The highest BCUT2D eigenvalue weighted by atomic mass is 16.6. The number of carbonyl (C=O) groups excluding carboxylic acids is 2. The summed E-state index contributed by atoms with van der Waals surface area (Å²) in [6.45, 7) is 3.23. The second-order valence-electron chi connectivity index (χ2n) is 6.25. The largest absolute Gasteiger partial charge is 0.450 e. The lowest BCUT2D eigenvalue weighted by Gasteiger charge is -2.14. The molecule has 0 heterocycles. The minimum absolute atomic E-state index is 0.0497. The third-order valence-corrected chi connectivity index (χ3v) is 4.51. The van der Waals surface area contributed by atoms with Crippen LogP contribution in [0.4, 0.5) is 9.59 Å². The second kappa shape index (κ2) is 9.07. The Bertz CT molecular complexity index is 761. The van der Waals surface area contributed by atoms with E-state index in [4.69, 9.17) is 9.47 Å². The Labute approximate surface area is 158 Å². The van der Waals surface area contributed by atoms with Crippen molar-refractivity contribution in [2.75, 3.05) is 26.3 Å². The molecular weight excluding hydrogens is 344 g/mol. The SMILES string of the molecule is CCOC(=O)NCCCNC(=O)OCC1c2ccccc2-c2ccccc21. The maximum absolute atomic E-state index is 12.0. The first-order chi connectivity index (χ1) is 13.2. The van der Waals surface area contributed by atoms with Crippen molar-refractivity contribution in [3.63, 3.8) is 0 Å². The Morgan fingerprint density at radius 3 is 1.93 bits per heavy atom. The van der Waals surface area contributed by atoms with Crippen molar-refractivity contribution in [3.05, 3.63) is 59.7 Å². The Morgan fingerprint density at radius 1 is 0.852 bits per heavy atom. The molecule has 0 fully saturated rings. The lowest BCUT2D eigenvalue weighted by molar-refractivity contribution is 0.142. The molecule has 27 heavy (non-hydrogen) atoms. The van der Waals surface area contributed by atoms with Gasteiger partial charge in [-0.2, -0.15) is 0 Å². The fourth-order valence-corrected chi connectivity index (χ4v) is 3.30. The molecular formula is C21H24N2O4. The normalized spacial score (nSPS) is 12.0. The number of hydrogen-bond acceptors (Lipinski definition) is 4. The summed E-state index contributed by atoms with van der Waals surface area (Å²) in [6, 6.07) is 16.4. The summed E-state index contributed by atoms with van der Waals surface area (Å²) in [7, 11) is 0. The first-order valence-electron chi connectivity index (χ1n) is 9.20. The predicted octanol–water partition coefficient (Wildman–Crippen LogP) is 3.66. The van der Waals surface area contributed by atoms with Crippen LogP contribution in [0.15, 0.2) is 48.5 Å². The maximum atomic E-state index is 12.0. The number of hydrogen-bond donors (Lipinski definition) is 2. The first-order valence-corrected chi connectivity index (χ1v) is 9.20. The van der Waals surface area contributed by atoms with Gasteiger partial charge in [0.15, 0.2) is 0 Å². The van der Waals surface area contributed by atoms with Crippen LogP contribution in [-0.2, 0) is 9.47 Å². The fraction of sp³-hybridized carbons (Fsp3) is 0.333. The molecule has 0 aromatic heterocycles. The average molecular weight is 368 g/mol. The molecule has 1 aliphatic carbocycles. The molecule has 0 atom stereocenters. The summed E-state index contributed by atoms with van der Waals surface area (Å²) in [5.74, 6) is 0.0497. The van der Waals surface area contributed by atoms with Crippen molar-refractivity contribution < 1.29 is 19.1 Å². The van der Waals surface area contributed by atoms with Crippen LogP contribution in [0.3, 0.4) is 0 Å². The van der Waals surface area contributed by atoms with Gasteiger partial charge in [-0.15, -0.1) is 0 Å². The van der Waals surface area contributed by atoms with Gasteiger partial charge in [0.2, 0.25) is 0 Å². The van der Waals surface area contributed by atoms with Crippen molar-refractivity contribution in [3.8, 4) is 11.1 Å². The molecule has 0 unspecified atom stereocenters. The maximum Gasteiger partial charge on any atom is 0.407 e. The van der Waals surface area contributed by atoms with Gasteiger partial charge in [-0.25, -0.2) is 9.59 Å². The van der Waals surface area contributed by atoms with Gasteiger partial charge in [0.25, 0.3) is 0 Å². The zero-order valence-electron chi connectivity index (χ0n) is 15.4. The molecule has 0 saturated carbocycles. The van der Waals surface area contributed by atoms with E-state index in [0.29, 0.717) is 32.7 Å². The monoisotopic (exact) mass is 368 g/mol. The van der Waals surface area contributed by atoms with E-state index >= 15 is 0 Å². The molecule has 0 saturated heterocycles. The van der Waals surface area contributed by atoms with Crippen molar-refractivity contribution in [2.24, 2.45) is 0 Å². The van der Waals surface area contributed by atoms with Gasteiger partial charge in [-0.3, -0.25) is 0 Å². The van der Waals surface area contributed by atoms with E-state index in [1.807, 2.05) is 24.3 Å². The summed E-state index contributed by atoms with van der Waals surface area (Å²) in [5.41, 5.74) is 4.77. The van der Waals surface area contributed by atoms with Crippen LogP contribution in [0, 0.1) is 0 Å². The molecule has 3 rings (SSSR count). The summed E-state index contributed by atoms with van der Waals surface area (Å²) in [4.78, 5) is 23.1. The van der Waals surface area contributed by atoms with Gasteiger partial charge in [0, 0.05) is 19.0 Å². The molecule has 0 spiro atoms. The van der Waals surface area contributed by atoms with Gasteiger partial charge in [0.1, 0.15) is 6.61 Å². The van der Waals surface area contributed by atoms with Crippen LogP contribution in [0.25, 0.3) is 11.1 Å². The minimum atomic E-state index is -0.451. The average Bonchev–Trinajstić information content (AvgIpc) is 3.00. The molecule has 142 valence electrons. The molecule has 2 aromatic rings. The number of benzene rings is 2. The number of alkyl carbamates (subject to hydrolysis) is 2. The highest BCUT2D eigenvalue weighted by Gasteiger charge is 2.28. The topological polar surface area (TPSA) is 76.7 Å². The van der Waals surface area contributed by atoms with E-state index in [-0.39, 0.29) is 5.92 Å². The Balaban J connectivity index is 1.46. The number of ether oxygens (including phenoxy) is 2. The summed E-state index contributed by atoms with van der Waals surface area (Å²) >= 11 is 0. The number of carbonyl (C=O) groups is 2. The lowest BCUT2D eigenvalue weighted by atomic mass is 9.98. The van der Waals surface area contributed by atoms with Gasteiger partial charge in [-0.05, 0) is 35.6 Å². The Kier molecular flexibility index (Phi) is 6.30. The van der Waals surface area contributed by atoms with E-state index in [9.17, 15) is 9.59 Å². The second-order valence-corrected chi connectivity index (χ2v) is 6.25. The van der Waals surface area contributed by atoms with Gasteiger partial charge < -0.3 is 20.1 Å². The van der Waals surface area contributed by atoms with E-state index in [1.54, 1.807) is 6.92 Å². The standard InChI is InChI=1S/C21H24N2O4/c1-2-26-20(24)22-12-7-13-23-21(25)27-14-19-17-10-5-3-8-15(17)16-9-4-6-11-18(16)19/h3-6,8-11,19H,2,7,12-14H2,1H3,(H,22,24)(H,23,25). The molecule has 0 aliphatic heterocycles. The first kappa shape index (κ1) is 18.8. The third kappa shape index (κ3) is 4.58. The predicted molar refractivity (Wildman–Crippen MR) is 103 cm³/mol. The van der Waals surface area contributed by atoms with Crippen LogP contribution in [0.2, 0.25) is 0 Å². The van der Waals surface area contributed by atoms with Crippen molar-refractivity contribution in [1.82, 2.24) is 10.6 Å². The zero-order valence-corrected chi connectivity index (χ0v) is 15.4. The molecule has 2 aromatic carbocycles. The van der Waals surface area contributed by atoms with Crippen LogP contribution >= 0.6 is 0 Å². The van der Waals surface area contributed by atoms with Crippen LogP contribution in [0.5, 0.6) is 0 Å². The summed E-state index contributed by atoms with van der Waals surface area (Å²) in [5, 5.41) is 5.31. The van der Waals surface area contributed by atoms with Gasteiger partial charge >= 0.3 is 12.2 Å². The van der Waals surface area contributed by atoms with Gasteiger partial charge in [0.05, 0.1) is 6.61 Å². The molecule has 0 bridgehead atoms. The van der Waals surface area contributed by atoms with E-state index in [0.717, 1.165) is 0 Å². The highest BCUT2D eigenvalue weighted by molar-refractivity contribution is 5.79. The Hall–Kier alpha value is -3.02. The molecule has 1 aliphatic rings. The molecule has 6 heteroatoms. The summed E-state index contributed by atoms with van der Waals surface area (Å²) < 4.78 is 10.2.